The molecule has 0 aromatic heterocycles. The minimum absolute atomic E-state index is 0.0668. The van der Waals surface area contributed by atoms with Crippen LogP contribution in [0, 0.1) is 0 Å². The zero-order valence-electron chi connectivity index (χ0n) is 13.2. The predicted molar refractivity (Wildman–Crippen MR) is 87.8 cm³/mol. The first kappa shape index (κ1) is 15.6. The molecule has 0 saturated carbocycles. The molecule has 1 aromatic carbocycles. The van der Waals surface area contributed by atoms with E-state index in [1.807, 2.05) is 6.07 Å². The summed E-state index contributed by atoms with van der Waals surface area (Å²) in [6.45, 7) is 5.54. The van der Waals surface area contributed by atoms with Gasteiger partial charge in [-0.25, -0.2) is 0 Å². The number of carbonyl (C=O) groups is 1. The summed E-state index contributed by atoms with van der Waals surface area (Å²) in [6, 6.07) is 5.94. The van der Waals surface area contributed by atoms with Crippen LogP contribution in [0.5, 0.6) is 0 Å². The van der Waals surface area contributed by atoms with Crippen molar-refractivity contribution < 1.29 is 4.79 Å². The van der Waals surface area contributed by atoms with E-state index in [1.165, 1.54) is 0 Å². The Labute approximate surface area is 127 Å². The average Bonchev–Trinajstić information content (AvgIpc) is 2.53. The van der Waals surface area contributed by atoms with Gasteiger partial charge in [0.05, 0.1) is 11.3 Å². The normalized spacial score (nSPS) is 16.7. The molecule has 0 bridgehead atoms. The van der Waals surface area contributed by atoms with E-state index in [2.05, 4.69) is 29.1 Å². The van der Waals surface area contributed by atoms with E-state index in [4.69, 9.17) is 5.73 Å². The summed E-state index contributed by atoms with van der Waals surface area (Å²) in [4.78, 5) is 16.7. The summed E-state index contributed by atoms with van der Waals surface area (Å²) in [5, 5.41) is 2.70. The lowest BCUT2D eigenvalue weighted by atomic mass is 10.0. The molecule has 0 aliphatic carbocycles. The number of nitrogen functional groups attached to an aromatic ring is 1. The summed E-state index contributed by atoms with van der Waals surface area (Å²) in [5.74, 6) is -0.0668. The third kappa shape index (κ3) is 3.47. The molecule has 5 heteroatoms. The van der Waals surface area contributed by atoms with Crippen molar-refractivity contribution in [3.8, 4) is 0 Å². The first-order chi connectivity index (χ1) is 10.1. The number of rotatable bonds is 4. The zero-order valence-corrected chi connectivity index (χ0v) is 13.2. The van der Waals surface area contributed by atoms with Crippen LogP contribution in [0.15, 0.2) is 18.2 Å². The van der Waals surface area contributed by atoms with Crippen molar-refractivity contribution in [2.45, 2.75) is 25.8 Å². The second-order valence-electron chi connectivity index (χ2n) is 5.63. The highest BCUT2D eigenvalue weighted by molar-refractivity contribution is 6.00. The molecule has 5 nitrogen and oxygen atoms in total. The van der Waals surface area contributed by atoms with Gasteiger partial charge in [-0.1, -0.05) is 6.92 Å². The Balaban J connectivity index is 2.20. The molecule has 1 fully saturated rings. The van der Waals surface area contributed by atoms with Crippen LogP contribution in [0.3, 0.4) is 0 Å². The van der Waals surface area contributed by atoms with Crippen molar-refractivity contribution in [1.29, 1.82) is 0 Å². The number of likely N-dealkylation sites (tertiary alicyclic amines) is 1. The van der Waals surface area contributed by atoms with Crippen LogP contribution in [0.25, 0.3) is 0 Å². The van der Waals surface area contributed by atoms with Gasteiger partial charge in [0.2, 0.25) is 0 Å². The third-order valence-electron chi connectivity index (χ3n) is 4.43. The molecule has 0 spiro atoms. The molecule has 1 amide bonds. The Bertz CT molecular complexity index is 495. The molecule has 0 unspecified atom stereocenters. The Morgan fingerprint density at radius 2 is 2.10 bits per heavy atom. The molecule has 116 valence electrons. The first-order valence-electron chi connectivity index (χ1n) is 7.63. The molecule has 3 N–H and O–H groups in total. The van der Waals surface area contributed by atoms with Crippen LogP contribution >= 0.6 is 0 Å². The van der Waals surface area contributed by atoms with Gasteiger partial charge in [-0.3, -0.25) is 4.79 Å². The van der Waals surface area contributed by atoms with E-state index in [1.54, 1.807) is 19.2 Å². The number of nitrogens with two attached hydrogens (primary N) is 1. The maximum atomic E-state index is 12.0. The number of nitrogens with one attached hydrogen (secondary N) is 1. The van der Waals surface area contributed by atoms with Gasteiger partial charge in [0.15, 0.2) is 0 Å². The van der Waals surface area contributed by atoms with Crippen LogP contribution in [0.2, 0.25) is 0 Å². The number of piperidine rings is 1. The predicted octanol–water partition coefficient (Wildman–Crippen LogP) is 1.55. The molecule has 1 aromatic rings. The van der Waals surface area contributed by atoms with E-state index in [0.29, 0.717) is 17.3 Å². The Hall–Kier alpha value is -1.75. The molecule has 1 heterocycles. The maximum Gasteiger partial charge on any atom is 0.253 e. The molecule has 1 saturated heterocycles. The largest absolute Gasteiger partial charge is 0.399 e. The highest BCUT2D eigenvalue weighted by Gasteiger charge is 2.24. The molecule has 0 atom stereocenters. The fourth-order valence-corrected chi connectivity index (χ4v) is 2.99. The SMILES string of the molecule is CCN1CCC(N(C)c2cc(N)ccc2C(=O)NC)CC1. The van der Waals surface area contributed by atoms with Gasteiger partial charge in [0.1, 0.15) is 0 Å². The van der Waals surface area contributed by atoms with Crippen molar-refractivity contribution in [3.05, 3.63) is 23.8 Å². The molecular formula is C16H26N4O. The van der Waals surface area contributed by atoms with Crippen LogP contribution in [0.1, 0.15) is 30.1 Å². The fourth-order valence-electron chi connectivity index (χ4n) is 2.99. The summed E-state index contributed by atoms with van der Waals surface area (Å²) in [7, 11) is 3.72. The van der Waals surface area contributed by atoms with Crippen LogP contribution in [-0.2, 0) is 0 Å². The average molecular weight is 290 g/mol. The summed E-state index contributed by atoms with van der Waals surface area (Å²) < 4.78 is 0. The van der Waals surface area contributed by atoms with E-state index in [-0.39, 0.29) is 5.91 Å². The topological polar surface area (TPSA) is 61.6 Å². The maximum absolute atomic E-state index is 12.0. The number of hydrogen-bond acceptors (Lipinski definition) is 4. The lowest BCUT2D eigenvalue weighted by molar-refractivity contribution is 0.0963. The number of anilines is 2. The number of benzene rings is 1. The van der Waals surface area contributed by atoms with Crippen LogP contribution < -0.4 is 16.0 Å². The zero-order chi connectivity index (χ0) is 15.4. The minimum Gasteiger partial charge on any atom is -0.399 e. The molecule has 21 heavy (non-hydrogen) atoms. The van der Waals surface area contributed by atoms with Crippen molar-refractivity contribution in [3.63, 3.8) is 0 Å². The molecule has 2 rings (SSSR count). The Morgan fingerprint density at radius 1 is 1.43 bits per heavy atom. The standard InChI is InChI=1S/C16H26N4O/c1-4-20-9-7-13(8-10-20)19(3)15-11-12(17)5-6-14(15)16(21)18-2/h5-6,11,13H,4,7-10,17H2,1-3H3,(H,18,21). The fraction of sp³-hybridized carbons (Fsp3) is 0.562. The van der Waals surface area contributed by atoms with Crippen LogP contribution in [-0.4, -0.2) is 50.6 Å². The Morgan fingerprint density at radius 3 is 2.67 bits per heavy atom. The monoisotopic (exact) mass is 290 g/mol. The van der Waals surface area contributed by atoms with Gasteiger partial charge in [0.25, 0.3) is 5.91 Å². The van der Waals surface area contributed by atoms with E-state index in [9.17, 15) is 4.79 Å². The number of nitrogens with zero attached hydrogens (tertiary/aromatic N) is 2. The molecular weight excluding hydrogens is 264 g/mol. The van der Waals surface area contributed by atoms with Gasteiger partial charge in [0, 0.05) is 38.9 Å². The third-order valence-corrected chi connectivity index (χ3v) is 4.43. The minimum atomic E-state index is -0.0668. The van der Waals surface area contributed by atoms with Crippen molar-refractivity contribution >= 4 is 17.3 Å². The molecule has 1 aliphatic heterocycles. The van der Waals surface area contributed by atoms with Gasteiger partial charge in [-0.05, 0) is 37.6 Å². The number of hydrogen-bond donors (Lipinski definition) is 2. The molecule has 0 radical (unpaired) electrons. The second kappa shape index (κ2) is 6.80. The molecule has 1 aliphatic rings. The van der Waals surface area contributed by atoms with Gasteiger partial charge >= 0.3 is 0 Å². The lowest BCUT2D eigenvalue weighted by Crippen LogP contribution is -2.43. The second-order valence-corrected chi connectivity index (χ2v) is 5.63. The Kier molecular flexibility index (Phi) is 5.07. The smallest absolute Gasteiger partial charge is 0.253 e. The lowest BCUT2D eigenvalue weighted by Gasteiger charge is -2.38. The van der Waals surface area contributed by atoms with Gasteiger partial charge < -0.3 is 20.9 Å². The highest BCUT2D eigenvalue weighted by atomic mass is 16.1. The first-order valence-corrected chi connectivity index (χ1v) is 7.63. The summed E-state index contributed by atoms with van der Waals surface area (Å²) >= 11 is 0. The van der Waals surface area contributed by atoms with E-state index in [0.717, 1.165) is 38.2 Å². The van der Waals surface area contributed by atoms with Crippen molar-refractivity contribution in [1.82, 2.24) is 10.2 Å². The van der Waals surface area contributed by atoms with E-state index >= 15 is 0 Å². The number of carbonyl (C=O) groups excluding carboxylic acids is 1. The summed E-state index contributed by atoms with van der Waals surface area (Å²) in [6.07, 6.45) is 2.23. The summed E-state index contributed by atoms with van der Waals surface area (Å²) in [5.41, 5.74) is 8.21. The van der Waals surface area contributed by atoms with E-state index < -0.39 is 0 Å². The van der Waals surface area contributed by atoms with Crippen LogP contribution in [0.4, 0.5) is 11.4 Å². The highest BCUT2D eigenvalue weighted by Crippen LogP contribution is 2.27. The van der Waals surface area contributed by atoms with Crippen molar-refractivity contribution in [2.75, 3.05) is 44.4 Å². The number of amides is 1. The van der Waals surface area contributed by atoms with Gasteiger partial charge in [-0.2, -0.15) is 0 Å². The van der Waals surface area contributed by atoms with Gasteiger partial charge in [-0.15, -0.1) is 0 Å². The van der Waals surface area contributed by atoms with Crippen molar-refractivity contribution in [2.24, 2.45) is 0 Å². The quantitative estimate of drug-likeness (QED) is 0.826.